The van der Waals surface area contributed by atoms with Crippen LogP contribution in [0, 0.1) is 0 Å². The van der Waals surface area contributed by atoms with E-state index < -0.39 is 12.1 Å². The van der Waals surface area contributed by atoms with Crippen LogP contribution in [-0.2, 0) is 6.42 Å². The van der Waals surface area contributed by atoms with Crippen LogP contribution < -0.4 is 10.5 Å². The summed E-state index contributed by atoms with van der Waals surface area (Å²) in [6.07, 6.45) is -0.152. The van der Waals surface area contributed by atoms with E-state index in [0.717, 1.165) is 21.3 Å². The van der Waals surface area contributed by atoms with Crippen LogP contribution in [0.3, 0.4) is 0 Å². The van der Waals surface area contributed by atoms with Crippen LogP contribution in [0.5, 0.6) is 5.75 Å². The fourth-order valence-electron chi connectivity index (χ4n) is 2.26. The third-order valence-corrected chi connectivity index (χ3v) is 3.83. The van der Waals surface area contributed by atoms with Gasteiger partial charge in [0.2, 0.25) is 0 Å². The summed E-state index contributed by atoms with van der Waals surface area (Å²) in [5, 5.41) is 10.4. The molecule has 0 aromatic heterocycles. The van der Waals surface area contributed by atoms with Gasteiger partial charge in [0, 0.05) is 16.5 Å². The van der Waals surface area contributed by atoms with Crippen molar-refractivity contribution in [3.05, 3.63) is 64.1 Å². The number of hydrogen-bond acceptors (Lipinski definition) is 3. The van der Waals surface area contributed by atoms with Gasteiger partial charge in [0.25, 0.3) is 0 Å². The number of ether oxygens (including phenoxy) is 1. The summed E-state index contributed by atoms with van der Waals surface area (Å²) in [4.78, 5) is 0. The van der Waals surface area contributed by atoms with Crippen molar-refractivity contribution in [1.29, 1.82) is 0 Å². The molecule has 0 aliphatic heterocycles. The molecular weight excluding hydrogens is 330 g/mol. The van der Waals surface area contributed by atoms with Crippen molar-refractivity contribution in [3.8, 4) is 5.75 Å². The first-order valence-electron chi connectivity index (χ1n) is 7.01. The number of hydrogen-bond donors (Lipinski definition) is 2. The number of nitrogens with two attached hydrogens (primary N) is 1. The molecule has 21 heavy (non-hydrogen) atoms. The summed E-state index contributed by atoms with van der Waals surface area (Å²) in [5.74, 6) is 0.723. The van der Waals surface area contributed by atoms with E-state index in [1.165, 1.54) is 0 Å². The molecule has 0 heterocycles. The molecule has 0 unspecified atom stereocenters. The second-order valence-corrected chi connectivity index (χ2v) is 5.81. The van der Waals surface area contributed by atoms with Crippen LogP contribution in [0.4, 0.5) is 0 Å². The molecule has 3 N–H and O–H groups in total. The van der Waals surface area contributed by atoms with Gasteiger partial charge < -0.3 is 15.6 Å². The maximum Gasteiger partial charge on any atom is 0.124 e. The van der Waals surface area contributed by atoms with Gasteiger partial charge in [-0.1, -0.05) is 46.3 Å². The first kappa shape index (κ1) is 16.0. The van der Waals surface area contributed by atoms with Gasteiger partial charge in [-0.25, -0.2) is 0 Å². The Morgan fingerprint density at radius 1 is 1.19 bits per heavy atom. The molecular formula is C17H20BrNO2. The van der Waals surface area contributed by atoms with E-state index in [-0.39, 0.29) is 0 Å². The van der Waals surface area contributed by atoms with Gasteiger partial charge in [-0.05, 0) is 30.7 Å². The molecule has 0 radical (unpaired) electrons. The predicted molar refractivity (Wildman–Crippen MR) is 88.4 cm³/mol. The first-order valence-corrected chi connectivity index (χ1v) is 7.81. The Balaban J connectivity index is 2.18. The number of aliphatic hydroxyl groups excluding tert-OH is 1. The van der Waals surface area contributed by atoms with E-state index in [9.17, 15) is 5.11 Å². The highest BCUT2D eigenvalue weighted by Crippen LogP contribution is 2.30. The minimum Gasteiger partial charge on any atom is -0.494 e. The topological polar surface area (TPSA) is 55.5 Å². The quantitative estimate of drug-likeness (QED) is 0.839. The minimum absolute atomic E-state index is 0.496. The lowest BCUT2D eigenvalue weighted by molar-refractivity contribution is 0.143. The van der Waals surface area contributed by atoms with Gasteiger partial charge in [0.1, 0.15) is 5.75 Å². The Bertz CT molecular complexity index is 574. The lowest BCUT2D eigenvalue weighted by atomic mass is 9.96. The largest absolute Gasteiger partial charge is 0.494 e. The van der Waals surface area contributed by atoms with Crippen molar-refractivity contribution < 1.29 is 9.84 Å². The fraction of sp³-hybridized carbons (Fsp3) is 0.294. The van der Waals surface area contributed by atoms with Crippen molar-refractivity contribution in [3.63, 3.8) is 0 Å². The van der Waals surface area contributed by atoms with Crippen LogP contribution in [0.1, 0.15) is 24.1 Å². The number of rotatable bonds is 6. The molecule has 0 aliphatic rings. The Labute approximate surface area is 133 Å². The predicted octanol–water partition coefficient (Wildman–Crippen LogP) is 3.45. The third kappa shape index (κ3) is 4.30. The molecule has 0 amide bonds. The van der Waals surface area contributed by atoms with Crippen molar-refractivity contribution in [1.82, 2.24) is 0 Å². The maximum atomic E-state index is 10.4. The fourth-order valence-corrected chi connectivity index (χ4v) is 2.64. The van der Waals surface area contributed by atoms with Gasteiger partial charge in [-0.3, -0.25) is 0 Å². The second kappa shape index (κ2) is 7.59. The molecule has 2 rings (SSSR count). The summed E-state index contributed by atoms with van der Waals surface area (Å²) in [6, 6.07) is 15.0. The number of aliphatic hydroxyl groups is 1. The lowest BCUT2D eigenvalue weighted by Gasteiger charge is -2.22. The first-order chi connectivity index (χ1) is 10.1. The highest BCUT2D eigenvalue weighted by atomic mass is 79.9. The molecule has 0 bridgehead atoms. The smallest absolute Gasteiger partial charge is 0.124 e. The Morgan fingerprint density at radius 2 is 1.90 bits per heavy atom. The van der Waals surface area contributed by atoms with E-state index >= 15 is 0 Å². The van der Waals surface area contributed by atoms with Crippen LogP contribution in [0.25, 0.3) is 0 Å². The van der Waals surface area contributed by atoms with Gasteiger partial charge in [0.05, 0.1) is 18.8 Å². The number of halogens is 1. The van der Waals surface area contributed by atoms with Crippen molar-refractivity contribution >= 4 is 15.9 Å². The van der Waals surface area contributed by atoms with Crippen molar-refractivity contribution in [2.75, 3.05) is 6.61 Å². The van der Waals surface area contributed by atoms with E-state index in [1.807, 2.05) is 55.5 Å². The molecule has 3 nitrogen and oxygen atoms in total. The molecule has 0 spiro atoms. The molecule has 112 valence electrons. The summed E-state index contributed by atoms with van der Waals surface area (Å²) >= 11 is 3.44. The third-order valence-electron chi connectivity index (χ3n) is 3.33. The Hall–Kier alpha value is -1.36. The zero-order valence-corrected chi connectivity index (χ0v) is 13.6. The van der Waals surface area contributed by atoms with Crippen LogP contribution in [-0.4, -0.2) is 17.8 Å². The minimum atomic E-state index is -0.666. The molecule has 4 heteroatoms. The summed E-state index contributed by atoms with van der Waals surface area (Å²) in [5.41, 5.74) is 8.11. The average molecular weight is 350 g/mol. The van der Waals surface area contributed by atoms with Gasteiger partial charge in [-0.15, -0.1) is 0 Å². The highest BCUT2D eigenvalue weighted by Gasteiger charge is 2.21. The monoisotopic (exact) mass is 349 g/mol. The van der Waals surface area contributed by atoms with Crippen molar-refractivity contribution in [2.24, 2.45) is 5.73 Å². The van der Waals surface area contributed by atoms with Gasteiger partial charge in [0.15, 0.2) is 0 Å². The average Bonchev–Trinajstić information content (AvgIpc) is 2.49. The van der Waals surface area contributed by atoms with Gasteiger partial charge in [-0.2, -0.15) is 0 Å². The van der Waals surface area contributed by atoms with E-state index in [4.69, 9.17) is 10.5 Å². The van der Waals surface area contributed by atoms with Crippen LogP contribution in [0.2, 0.25) is 0 Å². The standard InChI is InChI=1S/C17H20BrNO2/c1-2-21-16-9-8-13(18)11-14(16)17(19)15(20)10-12-6-4-3-5-7-12/h3-9,11,15,17,20H,2,10,19H2,1H3/t15-,17+/m1/s1. The molecule has 0 fully saturated rings. The lowest BCUT2D eigenvalue weighted by Crippen LogP contribution is -2.28. The van der Waals surface area contributed by atoms with Crippen molar-refractivity contribution in [2.45, 2.75) is 25.5 Å². The molecule has 2 aromatic carbocycles. The Kier molecular flexibility index (Phi) is 5.79. The zero-order chi connectivity index (χ0) is 15.2. The molecule has 2 atom stereocenters. The van der Waals surface area contributed by atoms with Gasteiger partial charge >= 0.3 is 0 Å². The van der Waals surface area contributed by atoms with Crippen LogP contribution >= 0.6 is 15.9 Å². The van der Waals surface area contributed by atoms with E-state index in [2.05, 4.69) is 15.9 Å². The summed E-state index contributed by atoms with van der Waals surface area (Å²) in [7, 11) is 0. The Morgan fingerprint density at radius 3 is 2.57 bits per heavy atom. The molecule has 0 aliphatic carbocycles. The highest BCUT2D eigenvalue weighted by molar-refractivity contribution is 9.10. The molecule has 0 saturated heterocycles. The second-order valence-electron chi connectivity index (χ2n) is 4.90. The number of benzene rings is 2. The summed E-state index contributed by atoms with van der Waals surface area (Å²) < 4.78 is 6.52. The molecule has 0 saturated carbocycles. The zero-order valence-electron chi connectivity index (χ0n) is 12.0. The van der Waals surface area contributed by atoms with E-state index in [1.54, 1.807) is 0 Å². The molecule has 2 aromatic rings. The van der Waals surface area contributed by atoms with E-state index in [0.29, 0.717) is 13.0 Å². The SMILES string of the molecule is CCOc1ccc(Br)cc1[C@H](N)[C@H](O)Cc1ccccc1. The normalized spacial score (nSPS) is 13.7. The maximum absolute atomic E-state index is 10.4. The van der Waals surface area contributed by atoms with Crippen LogP contribution in [0.15, 0.2) is 53.0 Å². The summed E-state index contributed by atoms with van der Waals surface area (Å²) in [6.45, 7) is 2.49.